The van der Waals surface area contributed by atoms with E-state index in [0.29, 0.717) is 6.42 Å². The third kappa shape index (κ3) is 2.60. The molecule has 0 amide bonds. The average Bonchev–Trinajstić information content (AvgIpc) is 2.83. The maximum atomic E-state index is 10.9. The van der Waals surface area contributed by atoms with Crippen LogP contribution in [0.15, 0.2) is 48.8 Å². The number of carboxylic acids is 1. The SMILES string of the molecule is C[C@](N)(Cc1ccc(-n2cccc2)cc1)C(=O)O. The molecule has 0 spiro atoms. The van der Waals surface area contributed by atoms with Crippen LogP contribution < -0.4 is 5.73 Å². The Hall–Kier alpha value is -2.07. The fourth-order valence-electron chi connectivity index (χ4n) is 1.79. The highest BCUT2D eigenvalue weighted by atomic mass is 16.4. The first-order valence-electron chi connectivity index (χ1n) is 5.73. The molecular weight excluding hydrogens is 228 g/mol. The Morgan fingerprint density at radius 2 is 1.83 bits per heavy atom. The first kappa shape index (κ1) is 12.4. The van der Waals surface area contributed by atoms with Crippen molar-refractivity contribution >= 4 is 5.97 Å². The Bertz CT molecular complexity index is 527. The van der Waals surface area contributed by atoms with Crippen molar-refractivity contribution in [2.24, 2.45) is 5.73 Å². The molecule has 1 heterocycles. The molecule has 18 heavy (non-hydrogen) atoms. The number of carboxylic acid groups (broad SMARTS) is 1. The molecule has 0 aliphatic rings. The number of rotatable bonds is 4. The summed E-state index contributed by atoms with van der Waals surface area (Å²) in [5.41, 5.74) is 6.45. The minimum atomic E-state index is -1.23. The van der Waals surface area contributed by atoms with Crippen LogP contribution in [0.2, 0.25) is 0 Å². The Morgan fingerprint density at radius 3 is 2.33 bits per heavy atom. The molecule has 0 radical (unpaired) electrons. The van der Waals surface area contributed by atoms with Gasteiger partial charge in [0.25, 0.3) is 0 Å². The molecule has 94 valence electrons. The smallest absolute Gasteiger partial charge is 0.323 e. The quantitative estimate of drug-likeness (QED) is 0.862. The number of hydrogen-bond donors (Lipinski definition) is 2. The molecule has 4 heteroatoms. The van der Waals surface area contributed by atoms with Gasteiger partial charge in [0.05, 0.1) is 0 Å². The molecule has 1 aromatic heterocycles. The van der Waals surface area contributed by atoms with Crippen molar-refractivity contribution in [3.8, 4) is 5.69 Å². The van der Waals surface area contributed by atoms with E-state index in [4.69, 9.17) is 10.8 Å². The highest BCUT2D eigenvalue weighted by molar-refractivity contribution is 5.78. The second kappa shape index (κ2) is 4.66. The summed E-state index contributed by atoms with van der Waals surface area (Å²) in [6.45, 7) is 1.52. The van der Waals surface area contributed by atoms with E-state index in [2.05, 4.69) is 0 Å². The summed E-state index contributed by atoms with van der Waals surface area (Å²) >= 11 is 0. The summed E-state index contributed by atoms with van der Waals surface area (Å²) in [6.07, 6.45) is 4.23. The second-order valence-electron chi connectivity index (χ2n) is 4.66. The van der Waals surface area contributed by atoms with Crippen molar-refractivity contribution in [2.75, 3.05) is 0 Å². The lowest BCUT2D eigenvalue weighted by Crippen LogP contribution is -2.46. The van der Waals surface area contributed by atoms with Gasteiger partial charge in [-0.25, -0.2) is 0 Å². The van der Waals surface area contributed by atoms with Crippen LogP contribution in [0, 0.1) is 0 Å². The van der Waals surface area contributed by atoms with Gasteiger partial charge < -0.3 is 15.4 Å². The topological polar surface area (TPSA) is 68.2 Å². The Kier molecular flexibility index (Phi) is 3.21. The van der Waals surface area contributed by atoms with E-state index in [1.54, 1.807) is 0 Å². The number of nitrogens with two attached hydrogens (primary N) is 1. The van der Waals surface area contributed by atoms with Crippen molar-refractivity contribution < 1.29 is 9.90 Å². The molecule has 0 saturated heterocycles. The van der Waals surface area contributed by atoms with E-state index in [1.807, 2.05) is 53.4 Å². The van der Waals surface area contributed by atoms with Crippen LogP contribution >= 0.6 is 0 Å². The zero-order valence-corrected chi connectivity index (χ0v) is 10.2. The predicted molar refractivity (Wildman–Crippen MR) is 69.7 cm³/mol. The van der Waals surface area contributed by atoms with Gasteiger partial charge in [-0.2, -0.15) is 0 Å². The van der Waals surface area contributed by atoms with E-state index >= 15 is 0 Å². The fraction of sp³-hybridized carbons (Fsp3) is 0.214. The summed E-state index contributed by atoms with van der Waals surface area (Å²) in [5, 5.41) is 8.98. The molecule has 2 rings (SSSR count). The van der Waals surface area contributed by atoms with Crippen molar-refractivity contribution in [3.05, 3.63) is 54.4 Å². The van der Waals surface area contributed by atoms with E-state index in [1.165, 1.54) is 6.92 Å². The Labute approximate surface area is 106 Å². The zero-order chi connectivity index (χ0) is 13.2. The maximum absolute atomic E-state index is 10.9. The first-order valence-corrected chi connectivity index (χ1v) is 5.73. The molecule has 1 aromatic carbocycles. The van der Waals surface area contributed by atoms with Crippen LogP contribution in [0.4, 0.5) is 0 Å². The summed E-state index contributed by atoms with van der Waals surface area (Å²) in [6, 6.07) is 11.6. The number of carbonyl (C=O) groups is 1. The largest absolute Gasteiger partial charge is 0.480 e. The minimum absolute atomic E-state index is 0.314. The van der Waals surface area contributed by atoms with Crippen LogP contribution in [0.5, 0.6) is 0 Å². The lowest BCUT2D eigenvalue weighted by Gasteiger charge is -2.19. The molecule has 1 atom stereocenters. The summed E-state index contributed by atoms with van der Waals surface area (Å²) in [4.78, 5) is 10.9. The lowest BCUT2D eigenvalue weighted by atomic mass is 9.94. The number of hydrogen-bond acceptors (Lipinski definition) is 2. The standard InChI is InChI=1S/C14H16N2O2/c1-14(15,13(17)18)10-11-4-6-12(7-5-11)16-8-2-3-9-16/h2-9H,10,15H2,1H3,(H,17,18)/t14-/m0/s1. The molecule has 0 bridgehead atoms. The van der Waals surface area contributed by atoms with Crippen LogP contribution in [0.3, 0.4) is 0 Å². The van der Waals surface area contributed by atoms with Gasteiger partial charge in [-0.15, -0.1) is 0 Å². The third-order valence-corrected chi connectivity index (χ3v) is 2.90. The van der Waals surface area contributed by atoms with Gasteiger partial charge in [-0.3, -0.25) is 4.79 Å². The Balaban J connectivity index is 2.16. The van der Waals surface area contributed by atoms with Gasteiger partial charge in [-0.05, 0) is 36.8 Å². The van der Waals surface area contributed by atoms with Crippen LogP contribution in [0.25, 0.3) is 5.69 Å². The van der Waals surface area contributed by atoms with Crippen LogP contribution in [-0.2, 0) is 11.2 Å². The zero-order valence-electron chi connectivity index (χ0n) is 10.2. The highest BCUT2D eigenvalue weighted by Crippen LogP contribution is 2.14. The molecule has 0 fully saturated rings. The molecule has 3 N–H and O–H groups in total. The van der Waals surface area contributed by atoms with E-state index in [9.17, 15) is 4.79 Å². The van der Waals surface area contributed by atoms with Crippen molar-refractivity contribution in [3.63, 3.8) is 0 Å². The van der Waals surface area contributed by atoms with Crippen molar-refractivity contribution in [1.82, 2.24) is 4.57 Å². The maximum Gasteiger partial charge on any atom is 0.323 e. The monoisotopic (exact) mass is 244 g/mol. The normalized spacial score (nSPS) is 14.1. The highest BCUT2D eigenvalue weighted by Gasteiger charge is 2.27. The molecule has 0 unspecified atom stereocenters. The lowest BCUT2D eigenvalue weighted by molar-refractivity contribution is -0.142. The number of aromatic nitrogens is 1. The number of nitrogens with zero attached hydrogens (tertiary/aromatic N) is 1. The van der Waals surface area contributed by atoms with Crippen molar-refractivity contribution in [1.29, 1.82) is 0 Å². The first-order chi connectivity index (χ1) is 8.49. The number of benzene rings is 1. The molecule has 0 aliphatic carbocycles. The molecule has 0 aliphatic heterocycles. The van der Waals surface area contributed by atoms with Gasteiger partial charge in [-0.1, -0.05) is 12.1 Å². The van der Waals surface area contributed by atoms with Gasteiger partial charge in [0.15, 0.2) is 0 Å². The molecule has 0 saturated carbocycles. The van der Waals surface area contributed by atoms with E-state index in [-0.39, 0.29) is 0 Å². The van der Waals surface area contributed by atoms with Crippen LogP contribution in [-0.4, -0.2) is 21.2 Å². The van der Waals surface area contributed by atoms with Crippen molar-refractivity contribution in [2.45, 2.75) is 18.9 Å². The second-order valence-corrected chi connectivity index (χ2v) is 4.66. The Morgan fingerprint density at radius 1 is 1.28 bits per heavy atom. The summed E-state index contributed by atoms with van der Waals surface area (Å²) in [5.74, 6) is -0.989. The van der Waals surface area contributed by atoms with E-state index < -0.39 is 11.5 Å². The molecule has 2 aromatic rings. The van der Waals surface area contributed by atoms with Gasteiger partial charge in [0.1, 0.15) is 5.54 Å². The third-order valence-electron chi connectivity index (χ3n) is 2.90. The van der Waals surface area contributed by atoms with E-state index in [0.717, 1.165) is 11.3 Å². The fourth-order valence-corrected chi connectivity index (χ4v) is 1.79. The van der Waals surface area contributed by atoms with Crippen LogP contribution in [0.1, 0.15) is 12.5 Å². The predicted octanol–water partition coefficient (Wildman–Crippen LogP) is 1.82. The number of aliphatic carboxylic acids is 1. The van der Waals surface area contributed by atoms with Gasteiger partial charge in [0, 0.05) is 24.5 Å². The summed E-state index contributed by atoms with van der Waals surface area (Å²) < 4.78 is 1.99. The van der Waals surface area contributed by atoms with Gasteiger partial charge in [0.2, 0.25) is 0 Å². The molecular formula is C14H16N2O2. The minimum Gasteiger partial charge on any atom is -0.480 e. The van der Waals surface area contributed by atoms with Gasteiger partial charge >= 0.3 is 5.97 Å². The summed E-state index contributed by atoms with van der Waals surface area (Å²) in [7, 11) is 0. The molecule has 4 nitrogen and oxygen atoms in total. The average molecular weight is 244 g/mol.